The molecule has 1 aliphatic rings. The number of rotatable bonds is 6. The summed E-state index contributed by atoms with van der Waals surface area (Å²) in [6.45, 7) is 0. The Bertz CT molecular complexity index is 982. The zero-order valence-electron chi connectivity index (χ0n) is 16.4. The molecule has 29 heavy (non-hydrogen) atoms. The van der Waals surface area contributed by atoms with E-state index in [4.69, 9.17) is 4.74 Å². The molecular formula is C23H24N4O2. The van der Waals surface area contributed by atoms with E-state index in [0.717, 1.165) is 35.5 Å². The van der Waals surface area contributed by atoms with Crippen molar-refractivity contribution in [2.24, 2.45) is 0 Å². The number of benzene rings is 2. The van der Waals surface area contributed by atoms with Gasteiger partial charge in [0.05, 0.1) is 12.8 Å². The molecule has 0 bridgehead atoms. The maximum atomic E-state index is 12.4. The first-order valence-electron chi connectivity index (χ1n) is 9.86. The number of hydrogen-bond acceptors (Lipinski definition) is 5. The lowest BCUT2D eigenvalue weighted by atomic mass is 10.1. The van der Waals surface area contributed by atoms with Gasteiger partial charge < -0.3 is 15.4 Å². The molecule has 148 valence electrons. The Morgan fingerprint density at radius 3 is 2.55 bits per heavy atom. The number of methoxy groups -OCH3 is 1. The summed E-state index contributed by atoms with van der Waals surface area (Å²) >= 11 is 0. The second-order valence-electron chi connectivity index (χ2n) is 7.15. The molecule has 2 aromatic carbocycles. The van der Waals surface area contributed by atoms with E-state index < -0.39 is 0 Å². The molecule has 1 aromatic heterocycles. The molecule has 0 radical (unpaired) electrons. The SMILES string of the molecule is COc1ccccc1-c1cc(Nc2ccc(C(=O)NC3CCCC3)cc2)ncn1. The smallest absolute Gasteiger partial charge is 0.251 e. The molecule has 4 rings (SSSR count). The Morgan fingerprint density at radius 2 is 1.79 bits per heavy atom. The second-order valence-corrected chi connectivity index (χ2v) is 7.15. The maximum absolute atomic E-state index is 12.4. The molecule has 1 heterocycles. The molecule has 2 N–H and O–H groups in total. The number of para-hydroxylation sites is 1. The Morgan fingerprint density at radius 1 is 1.03 bits per heavy atom. The van der Waals surface area contributed by atoms with Crippen molar-refractivity contribution in [1.29, 1.82) is 0 Å². The Kier molecular flexibility index (Phi) is 5.70. The van der Waals surface area contributed by atoms with Gasteiger partial charge in [-0.05, 0) is 49.2 Å². The van der Waals surface area contributed by atoms with Crippen molar-refractivity contribution in [3.05, 3.63) is 66.5 Å². The molecule has 0 unspecified atom stereocenters. The number of carbonyl (C=O) groups excluding carboxylic acids is 1. The fraction of sp³-hybridized carbons (Fsp3) is 0.261. The predicted molar refractivity (Wildman–Crippen MR) is 113 cm³/mol. The summed E-state index contributed by atoms with van der Waals surface area (Å²) in [5.41, 5.74) is 3.19. The normalized spacial score (nSPS) is 13.8. The standard InChI is InChI=1S/C23H24N4O2/c1-29-21-9-5-4-8-19(21)20-14-22(25-15-24-20)26-18-12-10-16(11-13-18)23(28)27-17-6-2-3-7-17/h4-5,8-15,17H,2-3,6-7H2,1H3,(H,27,28)(H,24,25,26). The summed E-state index contributed by atoms with van der Waals surface area (Å²) in [4.78, 5) is 21.0. The molecule has 0 spiro atoms. The summed E-state index contributed by atoms with van der Waals surface area (Å²) in [5.74, 6) is 1.42. The molecule has 0 saturated heterocycles. The van der Waals surface area contributed by atoms with Crippen LogP contribution in [0.4, 0.5) is 11.5 Å². The number of nitrogens with zero attached hydrogens (tertiary/aromatic N) is 2. The highest BCUT2D eigenvalue weighted by Crippen LogP contribution is 2.29. The molecular weight excluding hydrogens is 364 g/mol. The predicted octanol–water partition coefficient (Wildman–Crippen LogP) is 4.57. The van der Waals surface area contributed by atoms with E-state index in [1.165, 1.54) is 19.2 Å². The molecule has 1 amide bonds. The fourth-order valence-corrected chi connectivity index (χ4v) is 3.62. The van der Waals surface area contributed by atoms with Crippen LogP contribution in [-0.4, -0.2) is 29.0 Å². The van der Waals surface area contributed by atoms with E-state index in [9.17, 15) is 4.79 Å². The van der Waals surface area contributed by atoms with Crippen LogP contribution in [0.3, 0.4) is 0 Å². The summed E-state index contributed by atoms with van der Waals surface area (Å²) in [7, 11) is 1.64. The van der Waals surface area contributed by atoms with E-state index in [1.54, 1.807) is 7.11 Å². The van der Waals surface area contributed by atoms with E-state index >= 15 is 0 Å². The number of nitrogens with one attached hydrogen (secondary N) is 2. The van der Waals surface area contributed by atoms with Crippen LogP contribution in [0.5, 0.6) is 5.75 Å². The summed E-state index contributed by atoms with van der Waals surface area (Å²) in [6.07, 6.45) is 6.07. The zero-order valence-corrected chi connectivity index (χ0v) is 16.4. The molecule has 1 saturated carbocycles. The number of aromatic nitrogens is 2. The van der Waals surface area contributed by atoms with Crippen molar-refractivity contribution in [1.82, 2.24) is 15.3 Å². The van der Waals surface area contributed by atoms with Gasteiger partial charge in [-0.25, -0.2) is 9.97 Å². The zero-order chi connectivity index (χ0) is 20.1. The third kappa shape index (κ3) is 4.54. The van der Waals surface area contributed by atoms with E-state index in [1.807, 2.05) is 54.6 Å². The topological polar surface area (TPSA) is 76.1 Å². The van der Waals surface area contributed by atoms with Crippen molar-refractivity contribution >= 4 is 17.4 Å². The lowest BCUT2D eigenvalue weighted by molar-refractivity contribution is 0.0938. The number of anilines is 2. The fourth-order valence-electron chi connectivity index (χ4n) is 3.62. The highest BCUT2D eigenvalue weighted by molar-refractivity contribution is 5.94. The molecule has 6 heteroatoms. The Hall–Kier alpha value is -3.41. The van der Waals surface area contributed by atoms with Crippen molar-refractivity contribution in [3.63, 3.8) is 0 Å². The number of ether oxygens (including phenoxy) is 1. The van der Waals surface area contributed by atoms with Gasteiger partial charge in [0, 0.05) is 28.9 Å². The third-order valence-corrected chi connectivity index (χ3v) is 5.16. The molecule has 0 atom stereocenters. The van der Waals surface area contributed by atoms with Crippen LogP contribution in [0, 0.1) is 0 Å². The molecule has 3 aromatic rings. The van der Waals surface area contributed by atoms with Crippen LogP contribution >= 0.6 is 0 Å². The van der Waals surface area contributed by atoms with Crippen molar-refractivity contribution in [3.8, 4) is 17.0 Å². The minimum absolute atomic E-state index is 0.0102. The average molecular weight is 388 g/mol. The number of hydrogen-bond donors (Lipinski definition) is 2. The second kappa shape index (κ2) is 8.73. The number of carbonyl (C=O) groups is 1. The van der Waals surface area contributed by atoms with Gasteiger partial charge in [0.2, 0.25) is 0 Å². The highest BCUT2D eigenvalue weighted by atomic mass is 16.5. The van der Waals surface area contributed by atoms with Crippen LogP contribution in [0.25, 0.3) is 11.3 Å². The van der Waals surface area contributed by atoms with Gasteiger partial charge in [-0.15, -0.1) is 0 Å². The summed E-state index contributed by atoms with van der Waals surface area (Å²) in [6, 6.07) is 17.3. The largest absolute Gasteiger partial charge is 0.496 e. The van der Waals surface area contributed by atoms with Crippen molar-refractivity contribution < 1.29 is 9.53 Å². The van der Waals surface area contributed by atoms with Gasteiger partial charge in [0.25, 0.3) is 5.91 Å². The molecule has 1 fully saturated rings. The van der Waals surface area contributed by atoms with Gasteiger partial charge in [0.15, 0.2) is 0 Å². The van der Waals surface area contributed by atoms with E-state index in [0.29, 0.717) is 17.4 Å². The third-order valence-electron chi connectivity index (χ3n) is 5.16. The molecule has 1 aliphatic carbocycles. The quantitative estimate of drug-likeness (QED) is 0.647. The Balaban J connectivity index is 1.46. The highest BCUT2D eigenvalue weighted by Gasteiger charge is 2.17. The van der Waals surface area contributed by atoms with Gasteiger partial charge in [-0.1, -0.05) is 25.0 Å². The van der Waals surface area contributed by atoms with Crippen molar-refractivity contribution in [2.75, 3.05) is 12.4 Å². The van der Waals surface area contributed by atoms with Crippen molar-refractivity contribution in [2.45, 2.75) is 31.7 Å². The van der Waals surface area contributed by atoms with Gasteiger partial charge >= 0.3 is 0 Å². The molecule has 6 nitrogen and oxygen atoms in total. The first kappa shape index (κ1) is 18.9. The minimum Gasteiger partial charge on any atom is -0.496 e. The van der Waals surface area contributed by atoms with Crippen LogP contribution < -0.4 is 15.4 Å². The van der Waals surface area contributed by atoms with Crippen LogP contribution in [-0.2, 0) is 0 Å². The van der Waals surface area contributed by atoms with Crippen LogP contribution in [0.2, 0.25) is 0 Å². The van der Waals surface area contributed by atoms with Gasteiger partial charge in [-0.2, -0.15) is 0 Å². The minimum atomic E-state index is -0.0102. The molecule has 0 aliphatic heterocycles. The average Bonchev–Trinajstić information content (AvgIpc) is 3.27. The summed E-state index contributed by atoms with van der Waals surface area (Å²) in [5, 5.41) is 6.38. The monoisotopic (exact) mass is 388 g/mol. The van der Waals surface area contributed by atoms with Crippen LogP contribution in [0.1, 0.15) is 36.0 Å². The number of amides is 1. The summed E-state index contributed by atoms with van der Waals surface area (Å²) < 4.78 is 5.42. The maximum Gasteiger partial charge on any atom is 0.251 e. The lowest BCUT2D eigenvalue weighted by Crippen LogP contribution is -2.32. The van der Waals surface area contributed by atoms with E-state index in [-0.39, 0.29) is 5.91 Å². The first-order valence-corrected chi connectivity index (χ1v) is 9.86. The van der Waals surface area contributed by atoms with Crippen LogP contribution in [0.15, 0.2) is 60.9 Å². The Labute approximate surface area is 170 Å². The lowest BCUT2D eigenvalue weighted by Gasteiger charge is -2.12. The first-order chi connectivity index (χ1) is 14.2. The van der Waals surface area contributed by atoms with Gasteiger partial charge in [-0.3, -0.25) is 4.79 Å². The van der Waals surface area contributed by atoms with E-state index in [2.05, 4.69) is 20.6 Å². The van der Waals surface area contributed by atoms with Gasteiger partial charge in [0.1, 0.15) is 17.9 Å².